The average Bonchev–Trinajstić information content (AvgIpc) is 2.98. The lowest BCUT2D eigenvalue weighted by Crippen LogP contribution is -2.36. The van der Waals surface area contributed by atoms with Gasteiger partial charge in [-0.2, -0.15) is 0 Å². The number of benzene rings is 1. The lowest BCUT2D eigenvalue weighted by molar-refractivity contribution is 0.0935. The number of carbonyl (C=O) groups is 1. The van der Waals surface area contributed by atoms with E-state index in [9.17, 15) is 13.2 Å². The van der Waals surface area contributed by atoms with Gasteiger partial charge in [-0.05, 0) is 37.0 Å². The molecule has 0 radical (unpaired) electrons. The van der Waals surface area contributed by atoms with Gasteiger partial charge in [0.05, 0.1) is 11.5 Å². The predicted octanol–water partition coefficient (Wildman–Crippen LogP) is 1.44. The Balaban J connectivity index is 1.43. The Morgan fingerprint density at radius 3 is 2.58 bits per heavy atom. The van der Waals surface area contributed by atoms with E-state index in [-0.39, 0.29) is 23.2 Å². The van der Waals surface area contributed by atoms with Gasteiger partial charge < -0.3 is 10.6 Å². The Hall–Kier alpha value is -2.48. The zero-order valence-electron chi connectivity index (χ0n) is 14.4. The SMILES string of the molecule is O=C(NC1CCS(=O)(=O)C1)c1ccc(NCCCc2ccccc2)nn1. The van der Waals surface area contributed by atoms with Gasteiger partial charge in [0.2, 0.25) is 0 Å². The van der Waals surface area contributed by atoms with Crippen molar-refractivity contribution < 1.29 is 13.2 Å². The monoisotopic (exact) mass is 374 g/mol. The maximum atomic E-state index is 12.1. The molecular weight excluding hydrogens is 352 g/mol. The van der Waals surface area contributed by atoms with Crippen molar-refractivity contribution in [2.45, 2.75) is 25.3 Å². The molecule has 0 spiro atoms. The normalized spacial score (nSPS) is 18.4. The van der Waals surface area contributed by atoms with Crippen LogP contribution < -0.4 is 10.6 Å². The van der Waals surface area contributed by atoms with Gasteiger partial charge in [0.25, 0.3) is 5.91 Å². The highest BCUT2D eigenvalue weighted by Gasteiger charge is 2.29. The molecule has 0 bridgehead atoms. The first-order valence-electron chi connectivity index (χ1n) is 8.65. The van der Waals surface area contributed by atoms with Gasteiger partial charge in [0.15, 0.2) is 15.5 Å². The van der Waals surface area contributed by atoms with Crippen LogP contribution >= 0.6 is 0 Å². The number of amides is 1. The summed E-state index contributed by atoms with van der Waals surface area (Å²) in [6, 6.07) is 13.2. The van der Waals surface area contributed by atoms with E-state index in [1.54, 1.807) is 12.1 Å². The molecule has 0 saturated carbocycles. The van der Waals surface area contributed by atoms with Crippen LogP contribution in [0, 0.1) is 0 Å². The van der Waals surface area contributed by atoms with Crippen molar-refractivity contribution in [3.8, 4) is 0 Å². The summed E-state index contributed by atoms with van der Waals surface area (Å²) in [4.78, 5) is 12.1. The molecule has 7 nitrogen and oxygen atoms in total. The number of sulfone groups is 1. The van der Waals surface area contributed by atoms with E-state index < -0.39 is 15.7 Å². The summed E-state index contributed by atoms with van der Waals surface area (Å²) < 4.78 is 22.9. The summed E-state index contributed by atoms with van der Waals surface area (Å²) in [6.45, 7) is 0.759. The van der Waals surface area contributed by atoms with E-state index in [1.807, 2.05) is 18.2 Å². The number of nitrogens with zero attached hydrogens (tertiary/aromatic N) is 2. The van der Waals surface area contributed by atoms with E-state index >= 15 is 0 Å². The number of hydrogen-bond donors (Lipinski definition) is 2. The van der Waals surface area contributed by atoms with Crippen molar-refractivity contribution in [1.29, 1.82) is 0 Å². The number of rotatable bonds is 7. The Kier molecular flexibility index (Phi) is 5.82. The Bertz CT molecular complexity index is 838. The highest BCUT2D eigenvalue weighted by Crippen LogP contribution is 2.12. The summed E-state index contributed by atoms with van der Waals surface area (Å²) in [5.74, 6) is 0.330. The summed E-state index contributed by atoms with van der Waals surface area (Å²) in [5, 5.41) is 13.8. The molecule has 1 amide bonds. The first kappa shape index (κ1) is 18.3. The highest BCUT2D eigenvalue weighted by molar-refractivity contribution is 7.91. The molecule has 1 aliphatic heterocycles. The van der Waals surface area contributed by atoms with Crippen molar-refractivity contribution in [1.82, 2.24) is 15.5 Å². The fourth-order valence-corrected chi connectivity index (χ4v) is 4.54. The Morgan fingerprint density at radius 2 is 1.92 bits per heavy atom. The fraction of sp³-hybridized carbons (Fsp3) is 0.389. The van der Waals surface area contributed by atoms with E-state index in [2.05, 4.69) is 33.0 Å². The molecule has 1 saturated heterocycles. The van der Waals surface area contributed by atoms with Crippen LogP contribution in [0.15, 0.2) is 42.5 Å². The third-order valence-corrected chi connectivity index (χ3v) is 6.02. The van der Waals surface area contributed by atoms with Crippen molar-refractivity contribution in [3.63, 3.8) is 0 Å². The standard InChI is InChI=1S/C18H22N4O3S/c23-18(20-15-10-12-26(24,25)13-15)16-8-9-17(22-21-16)19-11-4-7-14-5-2-1-3-6-14/h1-3,5-6,8-9,15H,4,7,10-13H2,(H,19,22)(H,20,23). The summed E-state index contributed by atoms with van der Waals surface area (Å²) in [6.07, 6.45) is 2.39. The van der Waals surface area contributed by atoms with Crippen LogP contribution in [-0.2, 0) is 16.3 Å². The molecule has 1 aliphatic rings. The van der Waals surface area contributed by atoms with Crippen molar-refractivity contribution in [3.05, 3.63) is 53.7 Å². The zero-order valence-corrected chi connectivity index (χ0v) is 15.2. The molecule has 2 N–H and O–H groups in total. The molecule has 1 aromatic carbocycles. The number of nitrogens with one attached hydrogen (secondary N) is 2. The van der Waals surface area contributed by atoms with Crippen LogP contribution in [0.5, 0.6) is 0 Å². The van der Waals surface area contributed by atoms with Crippen LogP contribution in [0.25, 0.3) is 0 Å². The van der Waals surface area contributed by atoms with Gasteiger partial charge in [0, 0.05) is 12.6 Å². The summed E-state index contributed by atoms with van der Waals surface area (Å²) >= 11 is 0. The molecule has 2 aromatic rings. The van der Waals surface area contributed by atoms with Crippen molar-refractivity contribution in [2.75, 3.05) is 23.4 Å². The largest absolute Gasteiger partial charge is 0.369 e. The number of aryl methyl sites for hydroxylation is 1. The Morgan fingerprint density at radius 1 is 1.12 bits per heavy atom. The van der Waals surface area contributed by atoms with Gasteiger partial charge >= 0.3 is 0 Å². The van der Waals surface area contributed by atoms with Crippen LogP contribution in [-0.4, -0.2) is 48.6 Å². The number of aromatic nitrogens is 2. The molecule has 1 fully saturated rings. The van der Waals surface area contributed by atoms with Crippen LogP contribution in [0.4, 0.5) is 5.82 Å². The van der Waals surface area contributed by atoms with Crippen molar-refractivity contribution in [2.24, 2.45) is 0 Å². The molecule has 3 rings (SSSR count). The van der Waals surface area contributed by atoms with E-state index in [0.717, 1.165) is 19.4 Å². The molecule has 26 heavy (non-hydrogen) atoms. The highest BCUT2D eigenvalue weighted by atomic mass is 32.2. The topological polar surface area (TPSA) is 101 Å². The van der Waals surface area contributed by atoms with E-state index in [4.69, 9.17) is 0 Å². The second-order valence-corrected chi connectivity index (χ2v) is 8.62. The molecule has 0 aliphatic carbocycles. The predicted molar refractivity (Wildman–Crippen MR) is 99.8 cm³/mol. The van der Waals surface area contributed by atoms with Crippen LogP contribution in [0.3, 0.4) is 0 Å². The molecule has 1 atom stereocenters. The summed E-state index contributed by atoms with van der Waals surface area (Å²) in [5.41, 5.74) is 1.48. The average molecular weight is 374 g/mol. The van der Waals surface area contributed by atoms with Crippen LogP contribution in [0.1, 0.15) is 28.9 Å². The van der Waals surface area contributed by atoms with E-state index in [0.29, 0.717) is 12.2 Å². The first-order valence-corrected chi connectivity index (χ1v) is 10.5. The third kappa shape index (κ3) is 5.26. The minimum Gasteiger partial charge on any atom is -0.369 e. The molecule has 138 valence electrons. The molecule has 8 heteroatoms. The zero-order chi connectivity index (χ0) is 18.4. The van der Waals surface area contributed by atoms with Gasteiger partial charge in [0.1, 0.15) is 5.82 Å². The molecule has 1 unspecified atom stereocenters. The maximum absolute atomic E-state index is 12.1. The molecule has 1 aromatic heterocycles. The number of anilines is 1. The third-order valence-electron chi connectivity index (χ3n) is 4.26. The quantitative estimate of drug-likeness (QED) is 0.711. The minimum atomic E-state index is -3.02. The minimum absolute atomic E-state index is 0.00672. The fourth-order valence-electron chi connectivity index (χ4n) is 2.87. The first-order chi connectivity index (χ1) is 12.5. The lowest BCUT2D eigenvalue weighted by atomic mass is 10.1. The van der Waals surface area contributed by atoms with Crippen molar-refractivity contribution >= 4 is 21.6 Å². The Labute approximate surface area is 153 Å². The number of carbonyl (C=O) groups excluding carboxylic acids is 1. The van der Waals surface area contributed by atoms with Gasteiger partial charge in [-0.3, -0.25) is 4.79 Å². The summed E-state index contributed by atoms with van der Waals surface area (Å²) in [7, 11) is -3.02. The van der Waals surface area contributed by atoms with Gasteiger partial charge in [-0.25, -0.2) is 8.42 Å². The van der Waals surface area contributed by atoms with Gasteiger partial charge in [-0.1, -0.05) is 30.3 Å². The van der Waals surface area contributed by atoms with Crippen LogP contribution in [0.2, 0.25) is 0 Å². The van der Waals surface area contributed by atoms with E-state index in [1.165, 1.54) is 5.56 Å². The maximum Gasteiger partial charge on any atom is 0.272 e. The lowest BCUT2D eigenvalue weighted by Gasteiger charge is -2.10. The molecule has 2 heterocycles. The number of hydrogen-bond acceptors (Lipinski definition) is 6. The second-order valence-electron chi connectivity index (χ2n) is 6.39. The smallest absolute Gasteiger partial charge is 0.272 e. The second kappa shape index (κ2) is 8.27. The van der Waals surface area contributed by atoms with Gasteiger partial charge in [-0.15, -0.1) is 10.2 Å². The molecular formula is C18H22N4O3S.